The first-order valence-electron chi connectivity index (χ1n) is 12.0. The van der Waals surface area contributed by atoms with Crippen molar-refractivity contribution < 1.29 is 13.9 Å². The highest BCUT2D eigenvalue weighted by molar-refractivity contribution is 5.75. The van der Waals surface area contributed by atoms with Crippen LogP contribution in [0.5, 0.6) is 5.75 Å². The minimum absolute atomic E-state index is 0.0796. The summed E-state index contributed by atoms with van der Waals surface area (Å²) in [5.74, 6) is 1.32. The summed E-state index contributed by atoms with van der Waals surface area (Å²) in [6.07, 6.45) is 10.4. The predicted octanol–water partition coefficient (Wildman–Crippen LogP) is 5.11. The molecule has 1 aromatic rings. The highest BCUT2D eigenvalue weighted by Gasteiger charge is 2.26. The average Bonchev–Trinajstić information content (AvgIpc) is 3.14. The van der Waals surface area contributed by atoms with Gasteiger partial charge >= 0.3 is 6.03 Å². The predicted molar refractivity (Wildman–Crippen MR) is 132 cm³/mol. The number of carbonyl (C=O) groups is 1. The Kier molecular flexibility index (Phi) is 9.55. The molecule has 1 heterocycles. The Bertz CT molecular complexity index is 847. The molecule has 5 nitrogen and oxygen atoms in total. The number of rotatable bonds is 8. The molecule has 2 amide bonds. The lowest BCUT2D eigenvalue weighted by atomic mass is 10.1. The van der Waals surface area contributed by atoms with Gasteiger partial charge in [0, 0.05) is 19.1 Å². The molecule has 2 aliphatic rings. The number of hydrogen-bond acceptors (Lipinski definition) is 3. The van der Waals surface area contributed by atoms with Gasteiger partial charge in [0.1, 0.15) is 11.9 Å². The van der Waals surface area contributed by atoms with Crippen molar-refractivity contribution >= 4 is 6.03 Å². The number of urea groups is 1. The second kappa shape index (κ2) is 12.6. The van der Waals surface area contributed by atoms with E-state index in [0.29, 0.717) is 25.6 Å². The van der Waals surface area contributed by atoms with E-state index >= 15 is 0 Å². The van der Waals surface area contributed by atoms with Crippen LogP contribution in [0.2, 0.25) is 0 Å². The molecule has 0 spiro atoms. The van der Waals surface area contributed by atoms with Crippen LogP contribution in [0.4, 0.5) is 9.18 Å². The first-order valence-corrected chi connectivity index (χ1v) is 12.0. The van der Waals surface area contributed by atoms with Crippen LogP contribution < -0.4 is 10.1 Å². The molecule has 1 N–H and O–H groups in total. The number of nitrogens with one attached hydrogen (secondary N) is 1. The van der Waals surface area contributed by atoms with Crippen LogP contribution in [-0.2, 0) is 6.54 Å². The van der Waals surface area contributed by atoms with Crippen molar-refractivity contribution in [3.8, 4) is 5.75 Å². The molecule has 1 aromatic carbocycles. The molecular formula is C27H38FN3O2. The maximum Gasteiger partial charge on any atom is 0.318 e. The first kappa shape index (κ1) is 25.0. The third-order valence-corrected chi connectivity index (χ3v) is 6.03. The normalized spacial score (nSPS) is 21.3. The monoisotopic (exact) mass is 455 g/mol. The minimum atomic E-state index is -1.08. The molecule has 0 aromatic heterocycles. The Hall–Kier alpha value is -2.60. The number of amides is 2. The minimum Gasteiger partial charge on any atom is -0.493 e. The summed E-state index contributed by atoms with van der Waals surface area (Å²) in [6, 6.07) is 7.95. The van der Waals surface area contributed by atoms with Gasteiger partial charge in [-0.2, -0.15) is 0 Å². The van der Waals surface area contributed by atoms with Gasteiger partial charge in [-0.25, -0.2) is 9.18 Å². The molecule has 0 bridgehead atoms. The molecule has 1 fully saturated rings. The fraction of sp³-hybridized carbons (Fsp3) is 0.519. The molecule has 3 rings (SSSR count). The van der Waals surface area contributed by atoms with Crippen LogP contribution in [0.15, 0.2) is 60.2 Å². The van der Waals surface area contributed by atoms with E-state index in [4.69, 9.17) is 4.74 Å². The number of hydrogen-bond donors (Lipinski definition) is 1. The smallest absolute Gasteiger partial charge is 0.318 e. The maximum absolute atomic E-state index is 13.7. The van der Waals surface area contributed by atoms with E-state index in [1.165, 1.54) is 12.2 Å². The topological polar surface area (TPSA) is 44.8 Å². The van der Waals surface area contributed by atoms with E-state index in [0.717, 1.165) is 49.2 Å². The number of nitrogens with zero attached hydrogens (tertiary/aromatic N) is 2. The van der Waals surface area contributed by atoms with E-state index in [9.17, 15) is 9.18 Å². The Morgan fingerprint density at radius 3 is 2.76 bits per heavy atom. The zero-order valence-electron chi connectivity index (χ0n) is 20.2. The van der Waals surface area contributed by atoms with Crippen LogP contribution in [0, 0.1) is 5.92 Å². The third kappa shape index (κ3) is 8.35. The summed E-state index contributed by atoms with van der Waals surface area (Å²) in [7, 11) is 2.13. The number of ether oxygens (including phenoxy) is 1. The molecule has 2 unspecified atom stereocenters. The van der Waals surface area contributed by atoms with Crippen molar-refractivity contribution in [3.63, 3.8) is 0 Å². The summed E-state index contributed by atoms with van der Waals surface area (Å²) < 4.78 is 19.4. The van der Waals surface area contributed by atoms with E-state index in [2.05, 4.69) is 31.1 Å². The van der Waals surface area contributed by atoms with Gasteiger partial charge in [0.2, 0.25) is 0 Å². The largest absolute Gasteiger partial charge is 0.493 e. The second-order valence-corrected chi connectivity index (χ2v) is 9.45. The molecule has 180 valence electrons. The van der Waals surface area contributed by atoms with Crippen LogP contribution in [0.25, 0.3) is 0 Å². The first-order chi connectivity index (χ1) is 15.9. The van der Waals surface area contributed by atoms with Gasteiger partial charge in [-0.15, -0.1) is 0 Å². The number of likely N-dealkylation sites (tertiary alicyclic amines) is 1. The average molecular weight is 456 g/mol. The summed E-state index contributed by atoms with van der Waals surface area (Å²) in [5, 5.41) is 3.10. The molecule has 33 heavy (non-hydrogen) atoms. The Balaban J connectivity index is 1.65. The Labute approximate surface area is 198 Å². The lowest BCUT2D eigenvalue weighted by Gasteiger charge is -2.32. The van der Waals surface area contributed by atoms with Gasteiger partial charge < -0.3 is 19.9 Å². The maximum atomic E-state index is 13.7. The van der Waals surface area contributed by atoms with Crippen molar-refractivity contribution in [1.29, 1.82) is 0 Å². The van der Waals surface area contributed by atoms with Gasteiger partial charge in [-0.1, -0.05) is 44.2 Å². The van der Waals surface area contributed by atoms with E-state index < -0.39 is 6.17 Å². The van der Waals surface area contributed by atoms with Gasteiger partial charge in [-0.05, 0) is 80.7 Å². The molecule has 1 saturated heterocycles. The van der Waals surface area contributed by atoms with E-state index in [1.54, 1.807) is 12.2 Å². The molecule has 1 aliphatic heterocycles. The highest BCUT2D eigenvalue weighted by atomic mass is 19.1. The van der Waals surface area contributed by atoms with Crippen LogP contribution in [0.1, 0.15) is 38.7 Å². The standard InChI is InChI=1S/C27H38FN3O2/c1-21(2)20-33-26-13-10-22(11-14-26)18-29-27(32)31(25-8-5-16-30(3)17-15-25)19-23-6-4-7-24(28)12-9-23/h4,6-7,9-14,21,24-25H,5,8,15-20H2,1-3H3,(H,29,32). The van der Waals surface area contributed by atoms with Crippen LogP contribution >= 0.6 is 0 Å². The van der Waals surface area contributed by atoms with Gasteiger partial charge in [0.25, 0.3) is 0 Å². The van der Waals surface area contributed by atoms with Crippen LogP contribution in [-0.4, -0.2) is 61.3 Å². The summed E-state index contributed by atoms with van der Waals surface area (Å²) in [6.45, 7) is 7.86. The van der Waals surface area contributed by atoms with Crippen molar-refractivity contribution in [3.05, 3.63) is 65.8 Å². The van der Waals surface area contributed by atoms with Crippen molar-refractivity contribution in [1.82, 2.24) is 15.1 Å². The zero-order chi connectivity index (χ0) is 23.6. The number of alkyl halides is 1. The molecule has 1 aliphatic carbocycles. The van der Waals surface area contributed by atoms with Gasteiger partial charge in [-0.3, -0.25) is 0 Å². The summed E-state index contributed by atoms with van der Waals surface area (Å²) in [5.41, 5.74) is 1.96. The summed E-state index contributed by atoms with van der Waals surface area (Å²) >= 11 is 0. The molecule has 6 heteroatoms. The zero-order valence-corrected chi connectivity index (χ0v) is 20.2. The molecule has 0 radical (unpaired) electrons. The number of carbonyl (C=O) groups excluding carboxylic acids is 1. The van der Waals surface area contributed by atoms with Crippen molar-refractivity contribution in [2.75, 3.05) is 33.3 Å². The summed E-state index contributed by atoms with van der Waals surface area (Å²) in [4.78, 5) is 17.6. The number of allylic oxidation sites excluding steroid dienone is 4. The molecular weight excluding hydrogens is 417 g/mol. The Morgan fingerprint density at radius 2 is 2.00 bits per heavy atom. The fourth-order valence-corrected chi connectivity index (χ4v) is 4.07. The quantitative estimate of drug-likeness (QED) is 0.593. The molecule has 0 saturated carbocycles. The lowest BCUT2D eigenvalue weighted by Crippen LogP contribution is -2.47. The van der Waals surface area contributed by atoms with Crippen LogP contribution in [0.3, 0.4) is 0 Å². The highest BCUT2D eigenvalue weighted by Crippen LogP contribution is 2.20. The number of halogens is 1. The van der Waals surface area contributed by atoms with Crippen molar-refractivity contribution in [2.45, 2.75) is 51.9 Å². The fourth-order valence-electron chi connectivity index (χ4n) is 4.07. The Morgan fingerprint density at radius 1 is 1.21 bits per heavy atom. The SMILES string of the molecule is CC(C)COc1ccc(CNC(=O)N(CC2=CC=CC(F)C=C2)C2CCCN(C)CC2)cc1. The lowest BCUT2D eigenvalue weighted by molar-refractivity contribution is 0.173. The van der Waals surface area contributed by atoms with Gasteiger partial charge in [0.15, 0.2) is 0 Å². The number of benzene rings is 1. The van der Waals surface area contributed by atoms with E-state index in [1.807, 2.05) is 35.2 Å². The van der Waals surface area contributed by atoms with Crippen molar-refractivity contribution in [2.24, 2.45) is 5.92 Å². The molecule has 2 atom stereocenters. The van der Waals surface area contributed by atoms with E-state index in [-0.39, 0.29) is 12.1 Å². The second-order valence-electron chi connectivity index (χ2n) is 9.45. The van der Waals surface area contributed by atoms with Gasteiger partial charge in [0.05, 0.1) is 6.61 Å². The third-order valence-electron chi connectivity index (χ3n) is 6.03.